The van der Waals surface area contributed by atoms with E-state index in [1.165, 1.54) is 0 Å². The largest absolute Gasteiger partial charge is 0.399 e. The van der Waals surface area contributed by atoms with Crippen molar-refractivity contribution in [3.63, 3.8) is 0 Å². The van der Waals surface area contributed by atoms with Crippen LogP contribution in [0.3, 0.4) is 0 Å². The number of hydrogen-bond donors (Lipinski definition) is 0. The Balaban J connectivity index is 2.42. The molecule has 2 aromatic carbocycles. The number of halogens is 2. The van der Waals surface area contributed by atoms with E-state index in [1.807, 2.05) is 13.0 Å². The summed E-state index contributed by atoms with van der Waals surface area (Å²) in [6, 6.07) is 11.4. The van der Waals surface area contributed by atoms with Gasteiger partial charge in [0.25, 0.3) is 0 Å². The van der Waals surface area contributed by atoms with E-state index in [-0.39, 0.29) is 0 Å². The van der Waals surface area contributed by atoms with E-state index in [4.69, 9.17) is 23.2 Å². The number of anilines is 1. The van der Waals surface area contributed by atoms with Crippen LogP contribution in [0.15, 0.2) is 46.6 Å². The maximum Gasteiger partial charge on any atom is 0.147 e. The molecule has 0 saturated heterocycles. The van der Waals surface area contributed by atoms with Crippen LogP contribution < -0.4 is 4.57 Å². The van der Waals surface area contributed by atoms with Crippen molar-refractivity contribution in [1.29, 1.82) is 0 Å². The van der Waals surface area contributed by atoms with Crippen LogP contribution in [0.1, 0.15) is 5.56 Å². The smallest absolute Gasteiger partial charge is 0.147 e. The summed E-state index contributed by atoms with van der Waals surface area (Å²) >= 11 is 12.0. The lowest BCUT2D eigenvalue weighted by Crippen LogP contribution is -2.43. The average molecular weight is 366 g/mol. The fourth-order valence-corrected chi connectivity index (χ4v) is 3.49. The van der Waals surface area contributed by atoms with Crippen LogP contribution in [-0.4, -0.2) is 15.3 Å². The van der Waals surface area contributed by atoms with Gasteiger partial charge in [-0.05, 0) is 49.9 Å². The third-order valence-electron chi connectivity index (χ3n) is 3.62. The van der Waals surface area contributed by atoms with E-state index in [0.29, 0.717) is 15.7 Å². The van der Waals surface area contributed by atoms with Crippen molar-refractivity contribution in [2.75, 3.05) is 11.6 Å². The van der Waals surface area contributed by atoms with Gasteiger partial charge in [-0.25, -0.2) is 0 Å². The highest BCUT2D eigenvalue weighted by Crippen LogP contribution is 2.34. The zero-order valence-corrected chi connectivity index (χ0v) is 16.6. The van der Waals surface area contributed by atoms with E-state index >= 15 is 0 Å². The molecule has 0 bridgehead atoms. The van der Waals surface area contributed by atoms with Gasteiger partial charge in [0.1, 0.15) is 13.9 Å². The summed E-state index contributed by atoms with van der Waals surface area (Å²) in [5.41, 5.74) is 3.74. The molecule has 0 saturated carbocycles. The molecule has 2 rings (SSSR count). The highest BCUT2D eigenvalue weighted by Gasteiger charge is 2.22. The maximum atomic E-state index is 6.01. The molecule has 3 nitrogen and oxygen atoms in total. The Hall–Kier alpha value is -1.36. The standard InChI is InChI=1S/C17H21Cl2N3Si/c1-12-6-7-17(22(2)23(3,4)5)16(8-12)21-20-15-10-13(18)9-14(19)11-15/h6-11H,1-5H3. The Labute approximate surface area is 149 Å². The van der Waals surface area contributed by atoms with E-state index in [2.05, 4.69) is 53.6 Å². The van der Waals surface area contributed by atoms with Crippen molar-refractivity contribution >= 4 is 48.5 Å². The molecule has 0 radical (unpaired) electrons. The van der Waals surface area contributed by atoms with Gasteiger partial charge in [0.05, 0.1) is 11.4 Å². The summed E-state index contributed by atoms with van der Waals surface area (Å²) in [7, 11) is 0.630. The predicted molar refractivity (Wildman–Crippen MR) is 104 cm³/mol. The van der Waals surface area contributed by atoms with E-state index in [0.717, 1.165) is 16.9 Å². The van der Waals surface area contributed by atoms with E-state index in [9.17, 15) is 0 Å². The number of benzene rings is 2. The number of rotatable bonds is 4. The first kappa shape index (κ1) is 18.0. The predicted octanol–water partition coefficient (Wildman–Crippen LogP) is 6.99. The normalized spacial score (nSPS) is 12.0. The van der Waals surface area contributed by atoms with Gasteiger partial charge in [-0.2, -0.15) is 5.11 Å². The van der Waals surface area contributed by atoms with Crippen molar-refractivity contribution in [2.45, 2.75) is 26.6 Å². The first-order valence-electron chi connectivity index (χ1n) is 7.39. The molecule has 0 spiro atoms. The number of azo groups is 1. The zero-order chi connectivity index (χ0) is 17.2. The van der Waals surface area contributed by atoms with Crippen LogP contribution in [0.25, 0.3) is 0 Å². The van der Waals surface area contributed by atoms with E-state index < -0.39 is 8.24 Å². The molecule has 23 heavy (non-hydrogen) atoms. The lowest BCUT2D eigenvalue weighted by Gasteiger charge is -2.33. The van der Waals surface area contributed by atoms with Crippen LogP contribution in [0, 0.1) is 6.92 Å². The quantitative estimate of drug-likeness (QED) is 0.423. The van der Waals surface area contributed by atoms with Crippen molar-refractivity contribution in [3.8, 4) is 0 Å². The molecule has 6 heteroatoms. The average Bonchev–Trinajstić information content (AvgIpc) is 2.42. The molecule has 0 aromatic heterocycles. The highest BCUT2D eigenvalue weighted by molar-refractivity contribution is 6.79. The van der Waals surface area contributed by atoms with Gasteiger partial charge in [-0.15, -0.1) is 5.11 Å². The fourth-order valence-electron chi connectivity index (χ4n) is 2.07. The summed E-state index contributed by atoms with van der Waals surface area (Å²) in [4.78, 5) is 0. The summed E-state index contributed by atoms with van der Waals surface area (Å²) in [6.45, 7) is 8.94. The van der Waals surface area contributed by atoms with Gasteiger partial charge in [-0.3, -0.25) is 0 Å². The fraction of sp³-hybridized carbons (Fsp3) is 0.294. The van der Waals surface area contributed by atoms with Crippen molar-refractivity contribution < 1.29 is 0 Å². The summed E-state index contributed by atoms with van der Waals surface area (Å²) < 4.78 is 2.33. The highest BCUT2D eigenvalue weighted by atomic mass is 35.5. The molecule has 0 heterocycles. The van der Waals surface area contributed by atoms with Crippen molar-refractivity contribution in [1.82, 2.24) is 0 Å². The summed E-state index contributed by atoms with van der Waals surface area (Å²) in [6.07, 6.45) is 0. The van der Waals surface area contributed by atoms with Gasteiger partial charge in [0.15, 0.2) is 0 Å². The van der Waals surface area contributed by atoms with Crippen molar-refractivity contribution in [3.05, 3.63) is 52.0 Å². The molecule has 0 aliphatic heterocycles. The minimum atomic E-state index is -1.49. The van der Waals surface area contributed by atoms with Gasteiger partial charge in [0.2, 0.25) is 0 Å². The monoisotopic (exact) mass is 365 g/mol. The molecule has 2 aromatic rings. The Kier molecular flexibility index (Phi) is 5.50. The minimum absolute atomic E-state index is 0.551. The van der Waals surface area contributed by atoms with Crippen LogP contribution in [0.2, 0.25) is 29.7 Å². The summed E-state index contributed by atoms with van der Waals surface area (Å²) in [5, 5.41) is 9.85. The van der Waals surface area contributed by atoms with Crippen LogP contribution in [-0.2, 0) is 0 Å². The van der Waals surface area contributed by atoms with Gasteiger partial charge >= 0.3 is 0 Å². The number of hydrogen-bond acceptors (Lipinski definition) is 3. The Morgan fingerprint density at radius 3 is 2.09 bits per heavy atom. The molecule has 0 atom stereocenters. The van der Waals surface area contributed by atoms with Gasteiger partial charge in [-0.1, -0.05) is 48.9 Å². The van der Waals surface area contributed by atoms with Gasteiger partial charge in [0, 0.05) is 10.0 Å². The maximum absolute atomic E-state index is 6.01. The van der Waals surface area contributed by atoms with Crippen LogP contribution in [0.4, 0.5) is 17.1 Å². The van der Waals surface area contributed by atoms with Crippen LogP contribution >= 0.6 is 23.2 Å². The van der Waals surface area contributed by atoms with Gasteiger partial charge < -0.3 is 4.57 Å². The molecule has 0 fully saturated rings. The molecule has 0 N–H and O–H groups in total. The minimum Gasteiger partial charge on any atom is -0.399 e. The second-order valence-electron chi connectivity index (χ2n) is 6.55. The molecular weight excluding hydrogens is 345 g/mol. The number of aryl methyl sites for hydroxylation is 1. The molecule has 0 aliphatic carbocycles. The molecule has 0 aliphatic rings. The summed E-state index contributed by atoms with van der Waals surface area (Å²) in [5.74, 6) is 0. The number of nitrogens with zero attached hydrogens (tertiary/aromatic N) is 3. The Morgan fingerprint density at radius 2 is 1.52 bits per heavy atom. The van der Waals surface area contributed by atoms with Crippen LogP contribution in [0.5, 0.6) is 0 Å². The molecule has 0 unspecified atom stereocenters. The first-order valence-corrected chi connectivity index (χ1v) is 11.6. The second kappa shape index (κ2) is 7.03. The zero-order valence-electron chi connectivity index (χ0n) is 14.1. The molecule has 122 valence electrons. The van der Waals surface area contributed by atoms with Crippen molar-refractivity contribution in [2.24, 2.45) is 10.2 Å². The SMILES string of the molecule is Cc1ccc(N(C)[Si](C)(C)C)c(N=Nc2cc(Cl)cc(Cl)c2)c1. The lowest BCUT2D eigenvalue weighted by molar-refractivity contribution is 1.18. The molecular formula is C17H21Cl2N3Si. The topological polar surface area (TPSA) is 28.0 Å². The second-order valence-corrected chi connectivity index (χ2v) is 12.4. The Morgan fingerprint density at radius 1 is 0.913 bits per heavy atom. The third kappa shape index (κ3) is 4.80. The lowest BCUT2D eigenvalue weighted by atomic mass is 10.2. The molecule has 0 amide bonds. The first-order chi connectivity index (χ1) is 10.7. The van der Waals surface area contributed by atoms with E-state index in [1.54, 1.807) is 18.2 Å². The third-order valence-corrected chi connectivity index (χ3v) is 6.31. The Bertz CT molecular complexity index is 719.